The second-order valence-corrected chi connectivity index (χ2v) is 3.38. The minimum atomic E-state index is -0.617. The highest BCUT2D eigenvalue weighted by Crippen LogP contribution is 2.15. The zero-order chi connectivity index (χ0) is 11.4. The largest absolute Gasteiger partial charge is 0.465 e. The van der Waals surface area contributed by atoms with Gasteiger partial charge in [0, 0.05) is 0 Å². The van der Waals surface area contributed by atoms with Gasteiger partial charge in [-0.2, -0.15) is 0 Å². The lowest BCUT2D eigenvalue weighted by Crippen LogP contribution is -2.23. The standard InChI is InChI=1S/C11H15NO3.ClH/c1-7(13)10(12)8-3-5-9(6-4-8)11(14)15-2;/h3-7,10,13H,12H2,1-2H3;1H/t7-,10-;/m1./s1. The van der Waals surface area contributed by atoms with Crippen LogP contribution < -0.4 is 5.73 Å². The molecule has 0 aromatic heterocycles. The van der Waals surface area contributed by atoms with Crippen molar-refractivity contribution in [3.05, 3.63) is 35.4 Å². The first kappa shape index (κ1) is 14.9. The van der Waals surface area contributed by atoms with Crippen LogP contribution in [0.2, 0.25) is 0 Å². The third kappa shape index (κ3) is 3.48. The molecule has 90 valence electrons. The van der Waals surface area contributed by atoms with Gasteiger partial charge < -0.3 is 15.6 Å². The van der Waals surface area contributed by atoms with E-state index in [1.54, 1.807) is 31.2 Å². The maximum Gasteiger partial charge on any atom is 0.337 e. The molecule has 3 N–H and O–H groups in total. The summed E-state index contributed by atoms with van der Waals surface area (Å²) in [5, 5.41) is 9.28. The van der Waals surface area contributed by atoms with E-state index in [-0.39, 0.29) is 18.4 Å². The molecule has 0 heterocycles. The molecule has 0 fully saturated rings. The number of rotatable bonds is 3. The predicted octanol–water partition coefficient (Wildman–Crippen LogP) is 1.28. The van der Waals surface area contributed by atoms with Crippen LogP contribution in [0.3, 0.4) is 0 Å². The highest BCUT2D eigenvalue weighted by atomic mass is 35.5. The van der Waals surface area contributed by atoms with Crippen molar-refractivity contribution in [2.45, 2.75) is 19.1 Å². The number of benzene rings is 1. The van der Waals surface area contributed by atoms with Crippen molar-refractivity contribution in [1.29, 1.82) is 0 Å². The third-order valence-electron chi connectivity index (χ3n) is 2.24. The van der Waals surface area contributed by atoms with Crippen LogP contribution in [-0.2, 0) is 4.74 Å². The fourth-order valence-corrected chi connectivity index (χ4v) is 1.24. The molecule has 0 spiro atoms. The molecule has 0 saturated carbocycles. The number of ether oxygens (including phenoxy) is 1. The van der Waals surface area contributed by atoms with E-state index in [1.165, 1.54) is 7.11 Å². The molecule has 0 unspecified atom stereocenters. The van der Waals surface area contributed by atoms with Crippen LogP contribution in [0, 0.1) is 0 Å². The van der Waals surface area contributed by atoms with Gasteiger partial charge in [-0.1, -0.05) is 12.1 Å². The van der Waals surface area contributed by atoms with E-state index in [1.807, 2.05) is 0 Å². The summed E-state index contributed by atoms with van der Waals surface area (Å²) in [6.07, 6.45) is -0.617. The number of carbonyl (C=O) groups is 1. The van der Waals surface area contributed by atoms with Gasteiger partial charge >= 0.3 is 5.97 Å². The molecule has 1 aromatic carbocycles. The molecule has 1 aromatic rings. The summed E-state index contributed by atoms with van der Waals surface area (Å²) in [7, 11) is 1.33. The number of aliphatic hydroxyl groups is 1. The Morgan fingerprint density at radius 3 is 2.25 bits per heavy atom. The van der Waals surface area contributed by atoms with E-state index >= 15 is 0 Å². The van der Waals surface area contributed by atoms with E-state index in [0.717, 1.165) is 5.56 Å². The monoisotopic (exact) mass is 245 g/mol. The zero-order valence-electron chi connectivity index (χ0n) is 9.21. The van der Waals surface area contributed by atoms with Gasteiger partial charge in [0.1, 0.15) is 0 Å². The van der Waals surface area contributed by atoms with Crippen molar-refractivity contribution in [3.63, 3.8) is 0 Å². The SMILES string of the molecule is COC(=O)c1ccc([C@H](N)[C@@H](C)O)cc1.Cl. The van der Waals surface area contributed by atoms with Gasteiger partial charge in [0.15, 0.2) is 0 Å². The van der Waals surface area contributed by atoms with Crippen LogP contribution in [0.15, 0.2) is 24.3 Å². The molecule has 4 nitrogen and oxygen atoms in total. The van der Waals surface area contributed by atoms with E-state index in [2.05, 4.69) is 4.74 Å². The molecular formula is C11H16ClNO3. The minimum Gasteiger partial charge on any atom is -0.465 e. The Morgan fingerprint density at radius 2 is 1.88 bits per heavy atom. The van der Waals surface area contributed by atoms with Crippen LogP contribution in [-0.4, -0.2) is 24.3 Å². The molecule has 0 radical (unpaired) electrons. The van der Waals surface area contributed by atoms with Gasteiger partial charge in [-0.25, -0.2) is 4.79 Å². The van der Waals surface area contributed by atoms with Gasteiger partial charge in [0.25, 0.3) is 0 Å². The summed E-state index contributed by atoms with van der Waals surface area (Å²) in [4.78, 5) is 11.1. The Bertz CT molecular complexity index is 338. The molecule has 1 rings (SSSR count). The highest BCUT2D eigenvalue weighted by molar-refractivity contribution is 5.89. The Hall–Kier alpha value is -1.10. The van der Waals surface area contributed by atoms with Crippen LogP contribution >= 0.6 is 12.4 Å². The minimum absolute atomic E-state index is 0. The summed E-state index contributed by atoms with van der Waals surface area (Å²) < 4.78 is 4.56. The molecule has 0 amide bonds. The van der Waals surface area contributed by atoms with E-state index in [9.17, 15) is 9.90 Å². The van der Waals surface area contributed by atoms with Gasteiger partial charge in [-0.15, -0.1) is 12.4 Å². The van der Waals surface area contributed by atoms with Gasteiger partial charge in [-0.05, 0) is 24.6 Å². The Morgan fingerprint density at radius 1 is 1.38 bits per heavy atom. The lowest BCUT2D eigenvalue weighted by atomic mass is 10.0. The number of nitrogens with two attached hydrogens (primary N) is 1. The highest BCUT2D eigenvalue weighted by Gasteiger charge is 2.12. The smallest absolute Gasteiger partial charge is 0.337 e. The van der Waals surface area contributed by atoms with E-state index in [0.29, 0.717) is 5.56 Å². The Labute approximate surface area is 101 Å². The number of methoxy groups -OCH3 is 1. The molecule has 5 heteroatoms. The molecule has 0 saturated heterocycles. The molecule has 0 aliphatic carbocycles. The summed E-state index contributed by atoms with van der Waals surface area (Å²) in [5.74, 6) is -0.382. The maximum atomic E-state index is 11.1. The number of hydrogen-bond acceptors (Lipinski definition) is 4. The first-order valence-corrected chi connectivity index (χ1v) is 4.68. The quantitative estimate of drug-likeness (QED) is 0.787. The lowest BCUT2D eigenvalue weighted by Gasteiger charge is -2.14. The van der Waals surface area contributed by atoms with Crippen LogP contribution in [0.4, 0.5) is 0 Å². The second kappa shape index (κ2) is 6.48. The fraction of sp³-hybridized carbons (Fsp3) is 0.364. The molecular weight excluding hydrogens is 230 g/mol. The molecule has 0 bridgehead atoms. The number of esters is 1. The van der Waals surface area contributed by atoms with E-state index in [4.69, 9.17) is 5.73 Å². The van der Waals surface area contributed by atoms with Crippen LogP contribution in [0.1, 0.15) is 28.9 Å². The average molecular weight is 246 g/mol. The summed E-state index contributed by atoms with van der Waals surface area (Å²) >= 11 is 0. The first-order chi connectivity index (χ1) is 7.06. The van der Waals surface area contributed by atoms with Crippen LogP contribution in [0.25, 0.3) is 0 Å². The van der Waals surface area contributed by atoms with Gasteiger partial charge in [0.05, 0.1) is 24.8 Å². The average Bonchev–Trinajstić information content (AvgIpc) is 2.27. The maximum absolute atomic E-state index is 11.1. The Kier molecular flexibility index (Phi) is 6.03. The Balaban J connectivity index is 0.00000225. The van der Waals surface area contributed by atoms with Crippen molar-refractivity contribution in [1.82, 2.24) is 0 Å². The predicted molar refractivity (Wildman–Crippen MR) is 63.6 cm³/mol. The fourth-order valence-electron chi connectivity index (χ4n) is 1.24. The summed E-state index contributed by atoms with van der Waals surface area (Å²) in [5.41, 5.74) is 6.99. The van der Waals surface area contributed by atoms with Crippen molar-refractivity contribution < 1.29 is 14.6 Å². The lowest BCUT2D eigenvalue weighted by molar-refractivity contribution is 0.0600. The topological polar surface area (TPSA) is 72.5 Å². The summed E-state index contributed by atoms with van der Waals surface area (Å²) in [6, 6.07) is 6.25. The van der Waals surface area contributed by atoms with E-state index < -0.39 is 12.1 Å². The third-order valence-corrected chi connectivity index (χ3v) is 2.24. The summed E-state index contributed by atoms with van der Waals surface area (Å²) in [6.45, 7) is 1.62. The number of halogens is 1. The van der Waals surface area contributed by atoms with Crippen molar-refractivity contribution in [2.24, 2.45) is 5.73 Å². The normalized spacial score (nSPS) is 13.5. The molecule has 0 aliphatic rings. The number of carbonyl (C=O) groups excluding carboxylic acids is 1. The number of hydrogen-bond donors (Lipinski definition) is 2. The molecule has 0 aliphatic heterocycles. The van der Waals surface area contributed by atoms with Crippen molar-refractivity contribution >= 4 is 18.4 Å². The second-order valence-electron chi connectivity index (χ2n) is 3.38. The zero-order valence-corrected chi connectivity index (χ0v) is 10.0. The molecule has 2 atom stereocenters. The van der Waals surface area contributed by atoms with Gasteiger partial charge in [-0.3, -0.25) is 0 Å². The van der Waals surface area contributed by atoms with Crippen molar-refractivity contribution in [3.8, 4) is 0 Å². The van der Waals surface area contributed by atoms with Gasteiger partial charge in [0.2, 0.25) is 0 Å². The first-order valence-electron chi connectivity index (χ1n) is 4.68. The van der Waals surface area contributed by atoms with Crippen molar-refractivity contribution in [2.75, 3.05) is 7.11 Å². The number of aliphatic hydroxyl groups excluding tert-OH is 1. The van der Waals surface area contributed by atoms with Crippen LogP contribution in [0.5, 0.6) is 0 Å². The molecule has 16 heavy (non-hydrogen) atoms.